The van der Waals surface area contributed by atoms with Gasteiger partial charge >= 0.3 is 115 Å². The van der Waals surface area contributed by atoms with Crippen LogP contribution < -0.4 is 0 Å². The van der Waals surface area contributed by atoms with Gasteiger partial charge in [0.25, 0.3) is 0 Å². The van der Waals surface area contributed by atoms with E-state index in [0.29, 0.717) is 0 Å². The summed E-state index contributed by atoms with van der Waals surface area (Å²) in [5.41, 5.74) is 0. The fourth-order valence-corrected chi connectivity index (χ4v) is 2.40. The molecule has 0 aromatic rings. The third kappa shape index (κ3) is 3.63. The van der Waals surface area contributed by atoms with Crippen molar-refractivity contribution >= 4 is 44.0 Å². The second-order valence-electron chi connectivity index (χ2n) is 3.04. The van der Waals surface area contributed by atoms with E-state index in [9.17, 15) is 28.8 Å². The van der Waals surface area contributed by atoms with E-state index >= 15 is 0 Å². The molecule has 0 aliphatic carbocycles. The van der Waals surface area contributed by atoms with Crippen LogP contribution in [0.15, 0.2) is 0 Å². The van der Waals surface area contributed by atoms with Crippen molar-refractivity contribution < 1.29 is 56.3 Å². The molecule has 0 N–H and O–H groups in total. The molecule has 0 unspecified atom stereocenters. The molecule has 116 valence electrons. The van der Waals surface area contributed by atoms with E-state index in [1.165, 1.54) is 0 Å². The molecule has 1 saturated heterocycles. The Morgan fingerprint density at radius 3 is 1.38 bits per heavy atom. The van der Waals surface area contributed by atoms with Crippen LogP contribution in [-0.4, -0.2) is 50.0 Å². The van der Waals surface area contributed by atoms with Gasteiger partial charge in [0.1, 0.15) is 0 Å². The molecular formula is C8H7O12P. The minimum absolute atomic E-state index is 0.824. The monoisotopic (exact) mass is 326 g/mol. The molecule has 1 aliphatic heterocycles. The number of ether oxygens (including phenoxy) is 2. The maximum atomic E-state index is 11.2. The number of carbonyl (C=O) groups is 6. The molecular weight excluding hydrogens is 319 g/mol. The minimum atomic E-state index is -5.04. The van der Waals surface area contributed by atoms with Gasteiger partial charge in [0.05, 0.1) is 0 Å². The quantitative estimate of drug-likeness (QED) is 0.236. The molecule has 0 saturated carbocycles. The zero-order valence-electron chi connectivity index (χ0n) is 10.4. The Bertz CT molecular complexity index is 487. The number of rotatable bonds is 2. The van der Waals surface area contributed by atoms with Crippen LogP contribution >= 0.6 is 8.17 Å². The standard InChI is InChI=1S/C8H7O12P/c1-15-3(9)5(11)17-21(18-6(12)4(10)16-2)19-7(13)8(14)20-21/h21H,1-2H3. The SMILES string of the molecule is COC(=O)C(=O)O[PH]1(OC(=O)C(=O)OC)OC(=O)C(=O)O1. The van der Waals surface area contributed by atoms with Gasteiger partial charge in [-0.15, -0.1) is 0 Å². The van der Waals surface area contributed by atoms with Crippen LogP contribution in [0.5, 0.6) is 0 Å². The second kappa shape index (κ2) is 6.13. The van der Waals surface area contributed by atoms with Crippen LogP contribution in [0.3, 0.4) is 0 Å². The number of carbonyl (C=O) groups excluding carboxylic acids is 6. The van der Waals surface area contributed by atoms with Gasteiger partial charge in [-0.25, -0.2) is 0 Å². The predicted molar refractivity (Wildman–Crippen MR) is 56.7 cm³/mol. The summed E-state index contributed by atoms with van der Waals surface area (Å²) in [7, 11) is -3.39. The van der Waals surface area contributed by atoms with Crippen molar-refractivity contribution in [1.82, 2.24) is 0 Å². The average Bonchev–Trinajstić information content (AvgIpc) is 2.70. The molecule has 0 atom stereocenters. The number of methoxy groups -OCH3 is 2. The zero-order valence-corrected chi connectivity index (χ0v) is 11.4. The Morgan fingerprint density at radius 2 is 1.10 bits per heavy atom. The van der Waals surface area contributed by atoms with Gasteiger partial charge < -0.3 is 0 Å². The normalized spacial score (nSPS) is 16.9. The van der Waals surface area contributed by atoms with E-state index in [-0.39, 0.29) is 0 Å². The van der Waals surface area contributed by atoms with E-state index in [0.717, 1.165) is 14.2 Å². The first-order chi connectivity index (χ1) is 9.74. The van der Waals surface area contributed by atoms with Crippen molar-refractivity contribution in [3.05, 3.63) is 0 Å². The van der Waals surface area contributed by atoms with Crippen LogP contribution in [0.25, 0.3) is 0 Å². The van der Waals surface area contributed by atoms with Gasteiger partial charge in [-0.3, -0.25) is 0 Å². The van der Waals surface area contributed by atoms with Crippen molar-refractivity contribution in [3.8, 4) is 0 Å². The molecule has 0 aromatic heterocycles. The molecule has 1 fully saturated rings. The molecule has 0 radical (unpaired) electrons. The molecule has 0 amide bonds. The van der Waals surface area contributed by atoms with Crippen LogP contribution in [0.2, 0.25) is 0 Å². The fourth-order valence-electron chi connectivity index (χ4n) is 0.912. The van der Waals surface area contributed by atoms with Gasteiger partial charge in [0, 0.05) is 0 Å². The summed E-state index contributed by atoms with van der Waals surface area (Å²) >= 11 is 0. The third-order valence-corrected chi connectivity index (χ3v) is 3.48. The van der Waals surface area contributed by atoms with Crippen molar-refractivity contribution in [2.24, 2.45) is 0 Å². The van der Waals surface area contributed by atoms with Crippen LogP contribution in [-0.2, 0) is 56.3 Å². The summed E-state index contributed by atoms with van der Waals surface area (Å²) in [4.78, 5) is 66.1. The Morgan fingerprint density at radius 1 is 0.762 bits per heavy atom. The van der Waals surface area contributed by atoms with Gasteiger partial charge in [-0.05, 0) is 0 Å². The summed E-state index contributed by atoms with van der Waals surface area (Å²) in [5.74, 6) is -9.95. The van der Waals surface area contributed by atoms with E-state index in [2.05, 4.69) is 27.6 Å². The molecule has 0 aromatic carbocycles. The van der Waals surface area contributed by atoms with Gasteiger partial charge in [0.15, 0.2) is 0 Å². The first-order valence-corrected chi connectivity index (χ1v) is 6.47. The van der Waals surface area contributed by atoms with Gasteiger partial charge in [0.2, 0.25) is 0 Å². The second-order valence-corrected chi connectivity index (χ2v) is 4.86. The third-order valence-electron chi connectivity index (χ3n) is 1.74. The summed E-state index contributed by atoms with van der Waals surface area (Å²) < 4.78 is 24.9. The van der Waals surface area contributed by atoms with Crippen LogP contribution in [0.1, 0.15) is 0 Å². The molecule has 0 spiro atoms. The van der Waals surface area contributed by atoms with Crippen molar-refractivity contribution in [2.75, 3.05) is 14.2 Å². The van der Waals surface area contributed by atoms with Gasteiger partial charge in [-0.2, -0.15) is 0 Å². The molecule has 1 aliphatic rings. The Kier molecular flexibility index (Phi) is 4.76. The number of hydrogen-bond donors (Lipinski definition) is 0. The summed E-state index contributed by atoms with van der Waals surface area (Å²) in [6, 6.07) is 0. The first-order valence-electron chi connectivity index (χ1n) is 4.83. The summed E-state index contributed by atoms with van der Waals surface area (Å²) in [5, 5.41) is 0. The Hall–Kier alpha value is -2.75. The summed E-state index contributed by atoms with van der Waals surface area (Å²) in [6.07, 6.45) is 0. The van der Waals surface area contributed by atoms with E-state index in [4.69, 9.17) is 0 Å². The topological polar surface area (TPSA) is 158 Å². The van der Waals surface area contributed by atoms with Crippen molar-refractivity contribution in [3.63, 3.8) is 0 Å². The molecule has 1 heterocycles. The zero-order chi connectivity index (χ0) is 16.2. The maximum absolute atomic E-state index is 11.2. The number of hydrogen-bond acceptors (Lipinski definition) is 12. The Labute approximate surface area is 115 Å². The fraction of sp³-hybridized carbons (Fsp3) is 0.250. The molecule has 13 heteroatoms. The molecule has 12 nitrogen and oxygen atoms in total. The average molecular weight is 326 g/mol. The van der Waals surface area contributed by atoms with E-state index < -0.39 is 44.0 Å². The van der Waals surface area contributed by atoms with E-state index in [1.54, 1.807) is 0 Å². The van der Waals surface area contributed by atoms with Crippen molar-refractivity contribution in [2.45, 2.75) is 0 Å². The number of esters is 2. The van der Waals surface area contributed by atoms with E-state index in [1.807, 2.05) is 0 Å². The van der Waals surface area contributed by atoms with Crippen LogP contribution in [0.4, 0.5) is 0 Å². The molecule has 1 rings (SSSR count). The molecule has 21 heavy (non-hydrogen) atoms. The Balaban J connectivity index is 2.97. The predicted octanol–water partition coefficient (Wildman–Crippen LogP) is -2.07. The van der Waals surface area contributed by atoms with Gasteiger partial charge in [-0.1, -0.05) is 0 Å². The first kappa shape index (κ1) is 16.3. The van der Waals surface area contributed by atoms with Crippen LogP contribution in [0, 0.1) is 0 Å². The molecule has 0 bridgehead atoms. The van der Waals surface area contributed by atoms with Crippen molar-refractivity contribution in [1.29, 1.82) is 0 Å². The summed E-state index contributed by atoms with van der Waals surface area (Å²) in [6.45, 7) is 0.